The zero-order valence-corrected chi connectivity index (χ0v) is 15.7. The molecule has 0 spiro atoms. The highest BCUT2D eigenvalue weighted by molar-refractivity contribution is 5.94. The van der Waals surface area contributed by atoms with Crippen molar-refractivity contribution in [2.24, 2.45) is 5.41 Å². The second-order valence-corrected chi connectivity index (χ2v) is 7.08. The van der Waals surface area contributed by atoms with Gasteiger partial charge in [-0.15, -0.1) is 0 Å². The molecule has 0 saturated carbocycles. The number of carbonyl (C=O) groups is 2. The number of benzene rings is 1. The molecule has 0 unspecified atom stereocenters. The molecule has 1 aromatic rings. The van der Waals surface area contributed by atoms with Crippen molar-refractivity contribution in [3.8, 4) is 5.75 Å². The highest BCUT2D eigenvalue weighted by atomic mass is 19.1. The Bertz CT molecular complexity index is 672. The Morgan fingerprint density at radius 3 is 2.74 bits per heavy atom. The van der Waals surface area contributed by atoms with Gasteiger partial charge >= 0.3 is 0 Å². The van der Waals surface area contributed by atoms with Crippen molar-refractivity contribution in [3.05, 3.63) is 29.6 Å². The molecule has 2 aliphatic heterocycles. The number of hydrogen-bond donors (Lipinski definition) is 2. The van der Waals surface area contributed by atoms with Crippen LogP contribution in [0.1, 0.15) is 29.6 Å². The maximum Gasteiger partial charge on any atom is 0.290 e. The molecule has 2 saturated heterocycles. The summed E-state index contributed by atoms with van der Waals surface area (Å²) in [5, 5.41) is 16.8. The number of aliphatic hydroxyl groups is 1. The van der Waals surface area contributed by atoms with Gasteiger partial charge < -0.3 is 24.7 Å². The number of methoxy groups -OCH3 is 1. The molecule has 27 heavy (non-hydrogen) atoms. The summed E-state index contributed by atoms with van der Waals surface area (Å²) in [5.74, 6) is -0.504. The molecular weight excluding hydrogens is 355 g/mol. The van der Waals surface area contributed by atoms with Gasteiger partial charge in [0.15, 0.2) is 11.6 Å². The van der Waals surface area contributed by atoms with E-state index < -0.39 is 5.82 Å². The minimum Gasteiger partial charge on any atom is -0.494 e. The Morgan fingerprint density at radius 2 is 2.11 bits per heavy atom. The number of hydrogen-bond acceptors (Lipinski definition) is 5. The number of carbonyl (C=O) groups excluding carboxylic acids is 1. The number of rotatable bonds is 3. The fourth-order valence-corrected chi connectivity index (χ4v) is 4.18. The topological polar surface area (TPSA) is 90.3 Å². The van der Waals surface area contributed by atoms with Crippen molar-refractivity contribution in [3.63, 3.8) is 0 Å². The molecule has 2 atom stereocenters. The molecule has 0 bridgehead atoms. The number of halogens is 1. The van der Waals surface area contributed by atoms with Crippen LogP contribution in [0.2, 0.25) is 0 Å². The molecule has 1 amide bonds. The average Bonchev–Trinajstić information content (AvgIpc) is 2.68. The third kappa shape index (κ3) is 4.39. The zero-order valence-electron chi connectivity index (χ0n) is 15.7. The highest BCUT2D eigenvalue weighted by Crippen LogP contribution is 2.41. The molecule has 3 rings (SSSR count). The van der Waals surface area contributed by atoms with Crippen LogP contribution in [0.5, 0.6) is 5.75 Å². The Kier molecular flexibility index (Phi) is 7.15. The minimum atomic E-state index is -0.473. The number of piperidine rings is 2. The maximum absolute atomic E-state index is 13.6. The van der Waals surface area contributed by atoms with Gasteiger partial charge in [-0.3, -0.25) is 9.59 Å². The maximum atomic E-state index is 13.6. The van der Waals surface area contributed by atoms with Gasteiger partial charge in [0.05, 0.1) is 13.7 Å². The first-order chi connectivity index (χ1) is 12.9. The molecule has 0 aliphatic carbocycles. The standard InChI is InChI=1S/C18H25FN2O3.CH2O2/c1-20-8-3-6-18(12-22)7-9-21(11-16(18)20)17(23)13-4-5-14(19)15(10-13)24-2;2-1-3/h4-5,10,16,22H,3,6-9,11-12H2,1-2H3;1H,(H,2,3)/t16-,18-;/m1./s1. The Hall–Kier alpha value is -2.19. The molecule has 150 valence electrons. The SMILES string of the molecule is COc1cc(C(=O)N2CC[C@@]3(CO)CCCN(C)[C@@H]3C2)ccc1F.O=CO. The Balaban J connectivity index is 0.000000817. The van der Waals surface area contributed by atoms with E-state index in [1.807, 2.05) is 4.90 Å². The van der Waals surface area contributed by atoms with E-state index in [-0.39, 0.29) is 36.2 Å². The van der Waals surface area contributed by atoms with E-state index in [4.69, 9.17) is 14.6 Å². The van der Waals surface area contributed by atoms with Crippen LogP contribution in [-0.4, -0.2) is 78.8 Å². The van der Waals surface area contributed by atoms with Gasteiger partial charge in [-0.2, -0.15) is 0 Å². The molecule has 2 fully saturated rings. The lowest BCUT2D eigenvalue weighted by molar-refractivity contribution is -0.122. The van der Waals surface area contributed by atoms with Gasteiger partial charge in [0.25, 0.3) is 12.4 Å². The summed E-state index contributed by atoms with van der Waals surface area (Å²) in [6.07, 6.45) is 2.88. The summed E-state index contributed by atoms with van der Waals surface area (Å²) in [6.45, 7) is 2.10. The number of aliphatic hydroxyl groups excluding tert-OH is 1. The number of ether oxygens (including phenoxy) is 1. The van der Waals surface area contributed by atoms with Crippen LogP contribution in [0.25, 0.3) is 0 Å². The molecule has 0 radical (unpaired) electrons. The quantitative estimate of drug-likeness (QED) is 0.769. The summed E-state index contributed by atoms with van der Waals surface area (Å²) in [7, 11) is 3.45. The van der Waals surface area contributed by atoms with Gasteiger partial charge in [-0.05, 0) is 51.1 Å². The number of fused-ring (bicyclic) bond motifs is 1. The van der Waals surface area contributed by atoms with Crippen LogP contribution >= 0.6 is 0 Å². The van der Waals surface area contributed by atoms with Crippen LogP contribution in [0.4, 0.5) is 4.39 Å². The minimum absolute atomic E-state index is 0.0809. The first kappa shape index (κ1) is 21.1. The predicted molar refractivity (Wildman–Crippen MR) is 97.3 cm³/mol. The Morgan fingerprint density at radius 1 is 1.41 bits per heavy atom. The molecule has 7 nitrogen and oxygen atoms in total. The fraction of sp³-hybridized carbons (Fsp3) is 0.579. The van der Waals surface area contributed by atoms with E-state index in [1.165, 1.54) is 25.3 Å². The molecule has 2 aliphatic rings. The Labute approximate surface area is 158 Å². The molecule has 1 aromatic carbocycles. The van der Waals surface area contributed by atoms with Crippen molar-refractivity contribution in [2.75, 3.05) is 40.4 Å². The average molecular weight is 382 g/mol. The second-order valence-electron chi connectivity index (χ2n) is 7.08. The molecule has 8 heteroatoms. The fourth-order valence-electron chi connectivity index (χ4n) is 4.18. The third-order valence-electron chi connectivity index (χ3n) is 5.70. The smallest absolute Gasteiger partial charge is 0.290 e. The lowest BCUT2D eigenvalue weighted by Crippen LogP contribution is -2.62. The molecule has 2 N–H and O–H groups in total. The van der Waals surface area contributed by atoms with Crippen molar-refractivity contribution in [2.45, 2.75) is 25.3 Å². The van der Waals surface area contributed by atoms with Gasteiger partial charge in [0.2, 0.25) is 0 Å². The van der Waals surface area contributed by atoms with E-state index in [0.29, 0.717) is 18.7 Å². The lowest BCUT2D eigenvalue weighted by atomic mass is 9.69. The van der Waals surface area contributed by atoms with Gasteiger partial charge in [0, 0.05) is 30.1 Å². The van der Waals surface area contributed by atoms with Crippen molar-refractivity contribution < 1.29 is 28.9 Å². The van der Waals surface area contributed by atoms with E-state index in [0.717, 1.165) is 25.8 Å². The van der Waals surface area contributed by atoms with E-state index >= 15 is 0 Å². The highest BCUT2D eigenvalue weighted by Gasteiger charge is 2.47. The zero-order chi connectivity index (χ0) is 20.0. The van der Waals surface area contributed by atoms with Crippen molar-refractivity contribution in [1.29, 1.82) is 0 Å². The van der Waals surface area contributed by atoms with E-state index in [2.05, 4.69) is 11.9 Å². The van der Waals surface area contributed by atoms with Crippen LogP contribution < -0.4 is 4.74 Å². The summed E-state index contributed by atoms with van der Waals surface area (Å²) in [6, 6.07) is 4.38. The van der Waals surface area contributed by atoms with Crippen LogP contribution in [0.3, 0.4) is 0 Å². The first-order valence-corrected chi connectivity index (χ1v) is 8.94. The van der Waals surface area contributed by atoms with Gasteiger partial charge in [0.1, 0.15) is 0 Å². The van der Waals surface area contributed by atoms with Crippen LogP contribution in [-0.2, 0) is 4.79 Å². The van der Waals surface area contributed by atoms with Gasteiger partial charge in [-0.1, -0.05) is 0 Å². The number of likely N-dealkylation sites (N-methyl/N-ethyl adjacent to an activating group) is 1. The normalized spacial score (nSPS) is 25.0. The molecular formula is C19H27FN2O5. The van der Waals surface area contributed by atoms with Crippen molar-refractivity contribution in [1.82, 2.24) is 9.80 Å². The summed E-state index contributed by atoms with van der Waals surface area (Å²) >= 11 is 0. The number of likely N-dealkylation sites (tertiary alicyclic amines) is 2. The predicted octanol–water partition coefficient (Wildman–Crippen LogP) is 1.45. The largest absolute Gasteiger partial charge is 0.494 e. The van der Waals surface area contributed by atoms with Crippen LogP contribution in [0.15, 0.2) is 18.2 Å². The third-order valence-corrected chi connectivity index (χ3v) is 5.70. The second kappa shape index (κ2) is 9.14. The van der Waals surface area contributed by atoms with Crippen molar-refractivity contribution >= 4 is 12.4 Å². The summed E-state index contributed by atoms with van der Waals surface area (Å²) in [4.78, 5) is 25.2. The first-order valence-electron chi connectivity index (χ1n) is 8.94. The van der Waals surface area contributed by atoms with E-state index in [9.17, 15) is 14.3 Å². The van der Waals surface area contributed by atoms with Gasteiger partial charge in [-0.25, -0.2) is 4.39 Å². The number of nitrogens with zero attached hydrogens (tertiary/aromatic N) is 2. The van der Waals surface area contributed by atoms with E-state index in [1.54, 1.807) is 0 Å². The molecule has 0 aromatic heterocycles. The monoisotopic (exact) mass is 382 g/mol. The summed E-state index contributed by atoms with van der Waals surface area (Å²) < 4.78 is 18.5. The van der Waals surface area contributed by atoms with Crippen LogP contribution in [0, 0.1) is 11.2 Å². The summed E-state index contributed by atoms with van der Waals surface area (Å²) in [5.41, 5.74) is 0.327. The molecule has 2 heterocycles. The number of carboxylic acid groups (broad SMARTS) is 1. The lowest BCUT2D eigenvalue weighted by Gasteiger charge is -2.53. The number of amides is 1.